The van der Waals surface area contributed by atoms with Crippen molar-refractivity contribution in [3.8, 4) is 5.75 Å². The van der Waals surface area contributed by atoms with Crippen molar-refractivity contribution >= 4 is 5.71 Å². The number of rotatable bonds is 0. The molecule has 2 rings (SSSR count). The highest BCUT2D eigenvalue weighted by molar-refractivity contribution is 6.00. The Kier molecular flexibility index (Phi) is 1.61. The third kappa shape index (κ3) is 1.09. The average Bonchev–Trinajstić information content (AvgIpc) is 2.04. The van der Waals surface area contributed by atoms with Gasteiger partial charge in [0.1, 0.15) is 5.75 Å². The Morgan fingerprint density at radius 2 is 2.25 bits per heavy atom. The number of hydrogen-bond donors (Lipinski definition) is 1. The van der Waals surface area contributed by atoms with Gasteiger partial charge in [-0.3, -0.25) is 4.99 Å². The van der Waals surface area contributed by atoms with E-state index in [1.807, 2.05) is 19.1 Å². The normalized spacial score (nSPS) is 15.2. The first-order valence-corrected chi connectivity index (χ1v) is 4.11. The van der Waals surface area contributed by atoms with E-state index in [0.29, 0.717) is 5.75 Å². The van der Waals surface area contributed by atoms with Crippen LogP contribution in [0.5, 0.6) is 5.75 Å². The molecule has 0 amide bonds. The Hall–Kier alpha value is -1.31. The summed E-state index contributed by atoms with van der Waals surface area (Å²) in [5.74, 6) is 0.350. The zero-order valence-corrected chi connectivity index (χ0v) is 7.04. The van der Waals surface area contributed by atoms with Gasteiger partial charge in [-0.1, -0.05) is 0 Å². The van der Waals surface area contributed by atoms with Crippen LogP contribution in [0.4, 0.5) is 0 Å². The maximum atomic E-state index is 9.23. The van der Waals surface area contributed by atoms with Crippen LogP contribution in [-0.4, -0.2) is 17.4 Å². The molecule has 0 atom stereocenters. The Morgan fingerprint density at radius 1 is 1.42 bits per heavy atom. The van der Waals surface area contributed by atoms with Gasteiger partial charge < -0.3 is 5.11 Å². The molecule has 1 heterocycles. The molecule has 1 aromatic rings. The van der Waals surface area contributed by atoms with Crippen LogP contribution in [0.25, 0.3) is 0 Å². The summed E-state index contributed by atoms with van der Waals surface area (Å²) in [7, 11) is 0. The number of aromatic hydroxyl groups is 1. The quantitative estimate of drug-likeness (QED) is 0.617. The molecule has 0 saturated heterocycles. The second-order valence-electron chi connectivity index (χ2n) is 3.06. The van der Waals surface area contributed by atoms with Crippen LogP contribution in [0.2, 0.25) is 0 Å². The molecule has 2 nitrogen and oxygen atoms in total. The lowest BCUT2D eigenvalue weighted by molar-refractivity contribution is 0.474. The molecular formula is C10H11NO. The maximum Gasteiger partial charge on any atom is 0.115 e. The SMILES string of the molecule is CC1=NCCc2cc(O)ccc21. The van der Waals surface area contributed by atoms with Crippen molar-refractivity contribution in [2.45, 2.75) is 13.3 Å². The molecule has 0 bridgehead atoms. The molecule has 1 aromatic carbocycles. The molecular weight excluding hydrogens is 150 g/mol. The van der Waals surface area contributed by atoms with Crippen LogP contribution < -0.4 is 0 Å². The predicted molar refractivity (Wildman–Crippen MR) is 48.9 cm³/mol. The van der Waals surface area contributed by atoms with Crippen molar-refractivity contribution in [3.63, 3.8) is 0 Å². The maximum absolute atomic E-state index is 9.23. The highest BCUT2D eigenvalue weighted by Crippen LogP contribution is 2.20. The van der Waals surface area contributed by atoms with Gasteiger partial charge >= 0.3 is 0 Å². The van der Waals surface area contributed by atoms with Gasteiger partial charge in [0.05, 0.1) is 0 Å². The average molecular weight is 161 g/mol. The number of phenolic OH excluding ortho intramolecular Hbond substituents is 1. The summed E-state index contributed by atoms with van der Waals surface area (Å²) in [6.07, 6.45) is 0.946. The fourth-order valence-corrected chi connectivity index (χ4v) is 1.57. The van der Waals surface area contributed by atoms with Crippen molar-refractivity contribution in [1.82, 2.24) is 0 Å². The van der Waals surface area contributed by atoms with Crippen molar-refractivity contribution < 1.29 is 5.11 Å². The minimum Gasteiger partial charge on any atom is -0.508 e. The number of fused-ring (bicyclic) bond motifs is 1. The van der Waals surface area contributed by atoms with Gasteiger partial charge in [-0.25, -0.2) is 0 Å². The molecule has 0 radical (unpaired) electrons. The van der Waals surface area contributed by atoms with E-state index in [-0.39, 0.29) is 0 Å². The summed E-state index contributed by atoms with van der Waals surface area (Å²) in [4.78, 5) is 4.34. The molecule has 1 aliphatic rings. The lowest BCUT2D eigenvalue weighted by Gasteiger charge is -2.13. The van der Waals surface area contributed by atoms with Crippen molar-refractivity contribution in [2.75, 3.05) is 6.54 Å². The van der Waals surface area contributed by atoms with Crippen molar-refractivity contribution in [1.29, 1.82) is 0 Å². The van der Waals surface area contributed by atoms with Crippen molar-refractivity contribution in [2.24, 2.45) is 4.99 Å². The van der Waals surface area contributed by atoms with Crippen LogP contribution in [0.15, 0.2) is 23.2 Å². The minimum atomic E-state index is 0.350. The summed E-state index contributed by atoms with van der Waals surface area (Å²) in [5.41, 5.74) is 3.47. The molecule has 0 unspecified atom stereocenters. The van der Waals surface area contributed by atoms with E-state index in [2.05, 4.69) is 4.99 Å². The largest absolute Gasteiger partial charge is 0.508 e. The standard InChI is InChI=1S/C10H11NO/c1-7-10-3-2-9(12)6-8(10)4-5-11-7/h2-3,6,12H,4-5H2,1H3. The van der Waals surface area contributed by atoms with E-state index in [0.717, 1.165) is 18.7 Å². The second kappa shape index (κ2) is 2.63. The van der Waals surface area contributed by atoms with E-state index in [1.54, 1.807) is 6.07 Å². The molecule has 2 heteroatoms. The molecule has 0 saturated carbocycles. The number of nitrogens with zero attached hydrogens (tertiary/aromatic N) is 1. The van der Waals surface area contributed by atoms with Gasteiger partial charge in [-0.15, -0.1) is 0 Å². The van der Waals surface area contributed by atoms with Crippen LogP contribution in [0.3, 0.4) is 0 Å². The summed E-state index contributed by atoms with van der Waals surface area (Å²) < 4.78 is 0. The first-order chi connectivity index (χ1) is 5.77. The van der Waals surface area contributed by atoms with Crippen LogP contribution in [-0.2, 0) is 6.42 Å². The molecule has 0 aliphatic carbocycles. The summed E-state index contributed by atoms with van der Waals surface area (Å²) >= 11 is 0. The van der Waals surface area contributed by atoms with Gasteiger partial charge in [-0.2, -0.15) is 0 Å². The highest BCUT2D eigenvalue weighted by atomic mass is 16.3. The lowest BCUT2D eigenvalue weighted by atomic mass is 9.98. The molecule has 12 heavy (non-hydrogen) atoms. The number of hydrogen-bond acceptors (Lipinski definition) is 2. The van der Waals surface area contributed by atoms with E-state index in [9.17, 15) is 5.11 Å². The first kappa shape index (κ1) is 7.35. The molecule has 1 N–H and O–H groups in total. The Balaban J connectivity index is 2.56. The van der Waals surface area contributed by atoms with Gasteiger partial charge in [0.2, 0.25) is 0 Å². The van der Waals surface area contributed by atoms with Crippen LogP contribution in [0.1, 0.15) is 18.1 Å². The van der Waals surface area contributed by atoms with E-state index < -0.39 is 0 Å². The third-order valence-electron chi connectivity index (χ3n) is 2.21. The molecule has 0 aromatic heterocycles. The fourth-order valence-electron chi connectivity index (χ4n) is 1.57. The van der Waals surface area contributed by atoms with Crippen LogP contribution in [0, 0.1) is 0 Å². The lowest BCUT2D eigenvalue weighted by Crippen LogP contribution is -2.09. The third-order valence-corrected chi connectivity index (χ3v) is 2.21. The molecule has 0 spiro atoms. The predicted octanol–water partition coefficient (Wildman–Crippen LogP) is 1.76. The first-order valence-electron chi connectivity index (χ1n) is 4.11. The van der Waals surface area contributed by atoms with Gasteiger partial charge in [-0.05, 0) is 42.7 Å². The zero-order chi connectivity index (χ0) is 8.55. The zero-order valence-electron chi connectivity index (χ0n) is 7.04. The van der Waals surface area contributed by atoms with E-state index in [1.165, 1.54) is 11.1 Å². The van der Waals surface area contributed by atoms with Gasteiger partial charge in [0, 0.05) is 12.3 Å². The highest BCUT2D eigenvalue weighted by Gasteiger charge is 2.09. The Labute approximate surface area is 71.6 Å². The monoisotopic (exact) mass is 161 g/mol. The molecule has 1 aliphatic heterocycles. The minimum absolute atomic E-state index is 0.350. The van der Waals surface area contributed by atoms with E-state index >= 15 is 0 Å². The van der Waals surface area contributed by atoms with Gasteiger partial charge in [0.25, 0.3) is 0 Å². The second-order valence-corrected chi connectivity index (χ2v) is 3.06. The smallest absolute Gasteiger partial charge is 0.115 e. The van der Waals surface area contributed by atoms with E-state index in [4.69, 9.17) is 0 Å². The topological polar surface area (TPSA) is 32.6 Å². The Morgan fingerprint density at radius 3 is 3.08 bits per heavy atom. The molecule has 0 fully saturated rings. The number of aliphatic imine (C=N–C) groups is 1. The van der Waals surface area contributed by atoms with Gasteiger partial charge in [0.15, 0.2) is 0 Å². The number of phenols is 1. The molecule has 62 valence electrons. The fraction of sp³-hybridized carbons (Fsp3) is 0.300. The number of benzene rings is 1. The van der Waals surface area contributed by atoms with Crippen LogP contribution >= 0.6 is 0 Å². The Bertz CT molecular complexity index is 342. The summed E-state index contributed by atoms with van der Waals surface area (Å²) in [5, 5.41) is 9.23. The van der Waals surface area contributed by atoms with Crippen molar-refractivity contribution in [3.05, 3.63) is 29.3 Å². The summed E-state index contributed by atoms with van der Waals surface area (Å²) in [6.45, 7) is 2.86. The summed E-state index contributed by atoms with van der Waals surface area (Å²) in [6, 6.07) is 5.47.